The largest absolute Gasteiger partial charge is 0.493 e. The summed E-state index contributed by atoms with van der Waals surface area (Å²) in [5.41, 5.74) is 0.523. The highest BCUT2D eigenvalue weighted by atomic mass is 16.6. The second-order valence-electron chi connectivity index (χ2n) is 5.24. The molecule has 0 unspecified atom stereocenters. The second kappa shape index (κ2) is 7.77. The molecule has 1 aromatic carbocycles. The second-order valence-corrected chi connectivity index (χ2v) is 5.24. The van der Waals surface area contributed by atoms with Gasteiger partial charge in [-0.15, -0.1) is 0 Å². The van der Waals surface area contributed by atoms with Crippen molar-refractivity contribution in [2.45, 2.75) is 12.8 Å². The predicted molar refractivity (Wildman–Crippen MR) is 84.0 cm³/mol. The van der Waals surface area contributed by atoms with Crippen molar-refractivity contribution in [2.75, 3.05) is 40.4 Å². The summed E-state index contributed by atoms with van der Waals surface area (Å²) in [6.07, 6.45) is 0.733. The summed E-state index contributed by atoms with van der Waals surface area (Å²) in [4.78, 5) is 24.7. The first kappa shape index (κ1) is 17.0. The quantitative estimate of drug-likeness (QED) is 0.619. The lowest BCUT2D eigenvalue weighted by Gasteiger charge is -2.27. The molecular weight excluding hydrogens is 302 g/mol. The van der Waals surface area contributed by atoms with Crippen LogP contribution < -0.4 is 14.8 Å². The Bertz CT molecular complexity index is 585. The third-order valence-electron chi connectivity index (χ3n) is 3.81. The van der Waals surface area contributed by atoms with Gasteiger partial charge in [0.25, 0.3) is 0 Å². The number of nitrogens with one attached hydrogen (secondary N) is 1. The molecule has 1 N–H and O–H groups in total. The van der Waals surface area contributed by atoms with Crippen LogP contribution in [0.3, 0.4) is 0 Å². The summed E-state index contributed by atoms with van der Waals surface area (Å²) < 4.78 is 10.2. The van der Waals surface area contributed by atoms with Crippen molar-refractivity contribution in [1.82, 2.24) is 10.2 Å². The molecule has 1 aliphatic rings. The summed E-state index contributed by atoms with van der Waals surface area (Å²) in [6, 6.07) is 3.11. The maximum atomic E-state index is 12.2. The van der Waals surface area contributed by atoms with Crippen molar-refractivity contribution < 1.29 is 19.2 Å². The number of aryl methyl sites for hydroxylation is 1. The molecule has 2 rings (SSSR count). The van der Waals surface area contributed by atoms with Crippen LogP contribution in [-0.4, -0.2) is 56.1 Å². The van der Waals surface area contributed by atoms with Crippen LogP contribution in [-0.2, 0) is 11.2 Å². The van der Waals surface area contributed by atoms with Gasteiger partial charge in [-0.2, -0.15) is 0 Å². The van der Waals surface area contributed by atoms with Gasteiger partial charge in [-0.3, -0.25) is 14.9 Å². The normalized spacial score (nSPS) is 14.4. The van der Waals surface area contributed by atoms with E-state index in [4.69, 9.17) is 9.47 Å². The lowest BCUT2D eigenvalue weighted by atomic mass is 10.1. The number of nitro benzene ring substituents is 1. The summed E-state index contributed by atoms with van der Waals surface area (Å²) in [5.74, 6) is 0.449. The Hall–Kier alpha value is -2.35. The monoisotopic (exact) mass is 323 g/mol. The Balaban J connectivity index is 2.11. The maximum Gasteiger partial charge on any atom is 0.315 e. The molecule has 1 aromatic rings. The fourth-order valence-electron chi connectivity index (χ4n) is 2.60. The molecule has 1 amide bonds. The lowest BCUT2D eigenvalue weighted by Crippen LogP contribution is -2.46. The van der Waals surface area contributed by atoms with E-state index in [-0.39, 0.29) is 17.3 Å². The van der Waals surface area contributed by atoms with Gasteiger partial charge < -0.3 is 19.7 Å². The van der Waals surface area contributed by atoms with Crippen LogP contribution in [0, 0.1) is 10.1 Å². The molecule has 8 nitrogen and oxygen atoms in total. The molecule has 23 heavy (non-hydrogen) atoms. The number of amides is 1. The summed E-state index contributed by atoms with van der Waals surface area (Å²) in [6.45, 7) is 3.00. The topological polar surface area (TPSA) is 93.9 Å². The zero-order valence-corrected chi connectivity index (χ0v) is 13.3. The standard InChI is InChI=1S/C15H21N3O5/c1-22-13-10-11(9-12(18(20)21)15(13)23-2)3-4-14(19)17-7-5-16-6-8-17/h9-10,16H,3-8H2,1-2H3. The first-order valence-electron chi connectivity index (χ1n) is 7.44. The van der Waals surface area contributed by atoms with E-state index >= 15 is 0 Å². The van der Waals surface area contributed by atoms with Crippen molar-refractivity contribution in [2.24, 2.45) is 0 Å². The van der Waals surface area contributed by atoms with Crippen molar-refractivity contribution in [3.05, 3.63) is 27.8 Å². The maximum absolute atomic E-state index is 12.2. The van der Waals surface area contributed by atoms with E-state index in [2.05, 4.69) is 5.32 Å². The van der Waals surface area contributed by atoms with Gasteiger partial charge in [-0.25, -0.2) is 0 Å². The number of rotatable bonds is 6. The van der Waals surface area contributed by atoms with Crippen LogP contribution in [0.5, 0.6) is 11.5 Å². The molecule has 126 valence electrons. The van der Waals surface area contributed by atoms with Crippen molar-refractivity contribution in [3.63, 3.8) is 0 Å². The fraction of sp³-hybridized carbons (Fsp3) is 0.533. The Morgan fingerprint density at radius 3 is 2.57 bits per heavy atom. The molecule has 0 aromatic heterocycles. The lowest BCUT2D eigenvalue weighted by molar-refractivity contribution is -0.385. The van der Waals surface area contributed by atoms with E-state index in [0.717, 1.165) is 13.1 Å². The van der Waals surface area contributed by atoms with E-state index in [1.165, 1.54) is 20.3 Å². The average molecular weight is 323 g/mol. The molecular formula is C15H21N3O5. The molecule has 1 saturated heterocycles. The molecule has 0 bridgehead atoms. The van der Waals surface area contributed by atoms with Crippen molar-refractivity contribution >= 4 is 11.6 Å². The average Bonchev–Trinajstić information content (AvgIpc) is 2.59. The Morgan fingerprint density at radius 2 is 2.00 bits per heavy atom. The number of hydrogen-bond donors (Lipinski definition) is 1. The molecule has 0 aliphatic carbocycles. The molecule has 0 radical (unpaired) electrons. The van der Waals surface area contributed by atoms with E-state index in [1.54, 1.807) is 6.07 Å². The number of carbonyl (C=O) groups excluding carboxylic acids is 1. The highest BCUT2D eigenvalue weighted by Crippen LogP contribution is 2.38. The van der Waals surface area contributed by atoms with Crippen LogP contribution in [0.1, 0.15) is 12.0 Å². The van der Waals surface area contributed by atoms with Gasteiger partial charge in [0.15, 0.2) is 5.75 Å². The Labute approximate surface area is 134 Å². The number of methoxy groups -OCH3 is 2. The van der Waals surface area contributed by atoms with Gasteiger partial charge in [0.1, 0.15) is 0 Å². The van der Waals surface area contributed by atoms with E-state index in [0.29, 0.717) is 37.2 Å². The van der Waals surface area contributed by atoms with Gasteiger partial charge >= 0.3 is 5.69 Å². The SMILES string of the molecule is COc1cc(CCC(=O)N2CCNCC2)cc([N+](=O)[O-])c1OC. The molecule has 1 aliphatic heterocycles. The highest BCUT2D eigenvalue weighted by Gasteiger charge is 2.22. The number of nitro groups is 1. The minimum absolute atomic E-state index is 0.0592. The van der Waals surface area contributed by atoms with E-state index in [9.17, 15) is 14.9 Å². The van der Waals surface area contributed by atoms with Crippen molar-refractivity contribution in [1.29, 1.82) is 0 Å². The molecule has 0 spiro atoms. The smallest absolute Gasteiger partial charge is 0.315 e. The minimum atomic E-state index is -0.511. The van der Waals surface area contributed by atoms with Crippen LogP contribution in [0.15, 0.2) is 12.1 Å². The number of carbonyl (C=O) groups is 1. The molecule has 0 saturated carbocycles. The first-order valence-corrected chi connectivity index (χ1v) is 7.44. The Kier molecular flexibility index (Phi) is 5.75. The van der Waals surface area contributed by atoms with Gasteiger partial charge in [0.2, 0.25) is 11.7 Å². The third kappa shape index (κ3) is 4.10. The highest BCUT2D eigenvalue weighted by molar-refractivity contribution is 5.76. The van der Waals surface area contributed by atoms with E-state index < -0.39 is 4.92 Å². The molecule has 0 atom stereocenters. The summed E-state index contributed by atoms with van der Waals surface area (Å²) >= 11 is 0. The van der Waals surface area contributed by atoms with Gasteiger partial charge in [-0.05, 0) is 18.1 Å². The number of hydrogen-bond acceptors (Lipinski definition) is 6. The Morgan fingerprint density at radius 1 is 1.30 bits per heavy atom. The zero-order valence-electron chi connectivity index (χ0n) is 13.3. The number of piperazine rings is 1. The van der Waals surface area contributed by atoms with Crippen LogP contribution in [0.2, 0.25) is 0 Å². The van der Waals surface area contributed by atoms with Gasteiger partial charge in [-0.1, -0.05) is 0 Å². The van der Waals surface area contributed by atoms with Gasteiger partial charge in [0.05, 0.1) is 19.1 Å². The molecule has 8 heteroatoms. The van der Waals surface area contributed by atoms with Gasteiger partial charge in [0, 0.05) is 38.7 Å². The molecule has 1 heterocycles. The zero-order chi connectivity index (χ0) is 16.8. The third-order valence-corrected chi connectivity index (χ3v) is 3.81. The predicted octanol–water partition coefficient (Wildman–Crippen LogP) is 0.976. The van der Waals surface area contributed by atoms with Crippen LogP contribution >= 0.6 is 0 Å². The summed E-state index contributed by atoms with van der Waals surface area (Å²) in [5, 5.41) is 14.4. The van der Waals surface area contributed by atoms with Crippen LogP contribution in [0.25, 0.3) is 0 Å². The molecule has 1 fully saturated rings. The number of nitrogens with zero attached hydrogens (tertiary/aromatic N) is 2. The van der Waals surface area contributed by atoms with E-state index in [1.807, 2.05) is 4.90 Å². The number of benzene rings is 1. The number of ether oxygens (including phenoxy) is 2. The first-order chi connectivity index (χ1) is 11.1. The van der Waals surface area contributed by atoms with Crippen molar-refractivity contribution in [3.8, 4) is 11.5 Å². The summed E-state index contributed by atoms with van der Waals surface area (Å²) in [7, 11) is 2.79. The fourth-order valence-corrected chi connectivity index (χ4v) is 2.60. The minimum Gasteiger partial charge on any atom is -0.493 e. The van der Waals surface area contributed by atoms with Crippen LogP contribution in [0.4, 0.5) is 5.69 Å².